The zero-order chi connectivity index (χ0) is 30.8. The van der Waals surface area contributed by atoms with Crippen LogP contribution < -0.4 is 15.4 Å². The van der Waals surface area contributed by atoms with E-state index in [1.54, 1.807) is 17.1 Å². The standard InChI is InChI=1S/C30H42N8O4Si/c1-30(2,3)42-29(39)34-20-14-22(15-20)41-27-25-23(24-10-8-9-11-31-24)18-38(19-40-12-13-43(5,6)7)26(25)35-28(36-27)33-21-16-32-37(4)17-21/h8-11,16-18,20,22H,12-15,19H2,1-7H3,(H,34,39)(H,33,35,36). The lowest BCUT2D eigenvalue weighted by Gasteiger charge is -2.35. The number of carbonyl (C=O) groups is 1. The molecule has 0 spiro atoms. The normalized spacial score (nSPS) is 17.0. The first-order valence-electron chi connectivity index (χ1n) is 14.6. The smallest absolute Gasteiger partial charge is 0.407 e. The Morgan fingerprint density at radius 1 is 1.14 bits per heavy atom. The van der Waals surface area contributed by atoms with E-state index in [1.807, 2.05) is 63.0 Å². The van der Waals surface area contributed by atoms with Crippen LogP contribution in [0.1, 0.15) is 33.6 Å². The SMILES string of the molecule is Cn1cc(Nc2nc(OC3CC(NC(=O)OC(C)(C)C)C3)c3c(-c4ccccn4)cn(COCC[Si](C)(C)C)c3n2)cn1. The lowest BCUT2D eigenvalue weighted by atomic mass is 9.89. The second-order valence-corrected chi connectivity index (χ2v) is 18.8. The van der Waals surface area contributed by atoms with Crippen molar-refractivity contribution in [2.24, 2.45) is 7.05 Å². The summed E-state index contributed by atoms with van der Waals surface area (Å²) in [5.74, 6) is 0.825. The molecule has 0 bridgehead atoms. The summed E-state index contributed by atoms with van der Waals surface area (Å²) in [5, 5.41) is 11.2. The van der Waals surface area contributed by atoms with E-state index in [-0.39, 0.29) is 12.1 Å². The average molecular weight is 607 g/mol. The van der Waals surface area contributed by atoms with Gasteiger partial charge in [-0.3, -0.25) is 9.67 Å². The highest BCUT2D eigenvalue weighted by molar-refractivity contribution is 6.76. The number of hydrogen-bond donors (Lipinski definition) is 2. The number of carbonyl (C=O) groups excluding carboxylic acids is 1. The van der Waals surface area contributed by atoms with E-state index in [0.717, 1.165) is 28.4 Å². The summed E-state index contributed by atoms with van der Waals surface area (Å²) in [5.41, 5.74) is 2.52. The van der Waals surface area contributed by atoms with Crippen molar-refractivity contribution in [3.8, 4) is 17.1 Å². The first-order valence-corrected chi connectivity index (χ1v) is 18.4. The minimum absolute atomic E-state index is 0.0372. The Kier molecular flexibility index (Phi) is 8.74. The number of alkyl carbamates (subject to hydrolysis) is 1. The Bertz CT molecular complexity index is 1550. The fourth-order valence-corrected chi connectivity index (χ4v) is 5.43. The van der Waals surface area contributed by atoms with Crippen molar-refractivity contribution in [3.63, 3.8) is 0 Å². The minimum atomic E-state index is -1.24. The van der Waals surface area contributed by atoms with Gasteiger partial charge in [-0.15, -0.1) is 0 Å². The lowest BCUT2D eigenvalue weighted by molar-refractivity contribution is 0.0358. The van der Waals surface area contributed by atoms with Crippen LogP contribution in [0.3, 0.4) is 0 Å². The first kappa shape index (κ1) is 30.5. The van der Waals surface area contributed by atoms with Gasteiger partial charge >= 0.3 is 6.09 Å². The molecule has 0 radical (unpaired) electrons. The van der Waals surface area contributed by atoms with E-state index in [4.69, 9.17) is 24.2 Å². The van der Waals surface area contributed by atoms with Crippen molar-refractivity contribution in [2.45, 2.75) is 83.8 Å². The molecule has 1 aliphatic rings. The van der Waals surface area contributed by atoms with Crippen molar-refractivity contribution in [3.05, 3.63) is 43.0 Å². The van der Waals surface area contributed by atoms with E-state index < -0.39 is 19.8 Å². The van der Waals surface area contributed by atoms with Crippen LogP contribution in [-0.2, 0) is 23.3 Å². The summed E-state index contributed by atoms with van der Waals surface area (Å²) < 4.78 is 21.8. The lowest BCUT2D eigenvalue weighted by Crippen LogP contribution is -2.50. The van der Waals surface area contributed by atoms with Gasteiger partial charge in [-0.25, -0.2) is 4.79 Å². The molecule has 4 aromatic heterocycles. The molecule has 4 aromatic rings. The molecule has 0 unspecified atom stereocenters. The number of aromatic nitrogens is 6. The number of nitrogens with zero attached hydrogens (tertiary/aromatic N) is 6. The first-order chi connectivity index (χ1) is 20.3. The van der Waals surface area contributed by atoms with E-state index >= 15 is 0 Å². The van der Waals surface area contributed by atoms with Crippen LogP contribution in [0.4, 0.5) is 16.4 Å². The van der Waals surface area contributed by atoms with Crippen LogP contribution in [-0.4, -0.2) is 67.8 Å². The third-order valence-electron chi connectivity index (χ3n) is 6.91. The Morgan fingerprint density at radius 3 is 2.58 bits per heavy atom. The highest BCUT2D eigenvalue weighted by atomic mass is 28.3. The van der Waals surface area contributed by atoms with Gasteiger partial charge in [0.15, 0.2) is 5.65 Å². The Hall–Kier alpha value is -3.97. The Labute approximate surface area is 253 Å². The molecule has 0 saturated heterocycles. The molecule has 0 atom stereocenters. The van der Waals surface area contributed by atoms with Gasteiger partial charge in [0, 0.05) is 64.8 Å². The van der Waals surface area contributed by atoms with E-state index in [1.165, 1.54) is 0 Å². The maximum atomic E-state index is 12.3. The van der Waals surface area contributed by atoms with Crippen LogP contribution in [0.25, 0.3) is 22.3 Å². The molecular weight excluding hydrogens is 564 g/mol. The number of nitrogens with one attached hydrogen (secondary N) is 2. The molecule has 2 N–H and O–H groups in total. The quantitative estimate of drug-likeness (QED) is 0.163. The molecule has 1 fully saturated rings. The van der Waals surface area contributed by atoms with E-state index in [2.05, 4.69) is 40.4 Å². The predicted molar refractivity (Wildman–Crippen MR) is 168 cm³/mol. The summed E-state index contributed by atoms with van der Waals surface area (Å²) in [6.07, 6.45) is 8.04. The Morgan fingerprint density at radius 2 is 1.93 bits per heavy atom. The summed E-state index contributed by atoms with van der Waals surface area (Å²) in [7, 11) is 0.610. The van der Waals surface area contributed by atoms with Crippen LogP contribution in [0.15, 0.2) is 43.0 Å². The number of aryl methyl sites for hydroxylation is 1. The maximum absolute atomic E-state index is 12.3. The van der Waals surface area contributed by atoms with Gasteiger partial charge < -0.3 is 29.4 Å². The molecule has 43 heavy (non-hydrogen) atoms. The highest BCUT2D eigenvalue weighted by Gasteiger charge is 2.35. The summed E-state index contributed by atoms with van der Waals surface area (Å²) in [4.78, 5) is 26.6. The number of ether oxygens (including phenoxy) is 3. The van der Waals surface area contributed by atoms with Crippen molar-refractivity contribution >= 4 is 36.8 Å². The van der Waals surface area contributed by atoms with Crippen molar-refractivity contribution in [1.82, 2.24) is 34.6 Å². The number of pyridine rings is 1. The van der Waals surface area contributed by atoms with Gasteiger partial charge in [0.05, 0.1) is 23.0 Å². The third kappa shape index (κ3) is 8.11. The molecule has 13 heteroatoms. The zero-order valence-electron chi connectivity index (χ0n) is 26.0. The number of hydrogen-bond acceptors (Lipinski definition) is 9. The van der Waals surface area contributed by atoms with Crippen molar-refractivity contribution in [1.29, 1.82) is 0 Å². The molecule has 1 amide bonds. The van der Waals surface area contributed by atoms with Gasteiger partial charge in [-0.1, -0.05) is 25.7 Å². The second-order valence-electron chi connectivity index (χ2n) is 13.2. The van der Waals surface area contributed by atoms with Gasteiger partial charge in [0.1, 0.15) is 18.4 Å². The number of rotatable bonds is 11. The largest absolute Gasteiger partial charge is 0.474 e. The predicted octanol–water partition coefficient (Wildman–Crippen LogP) is 5.72. The highest BCUT2D eigenvalue weighted by Crippen LogP contribution is 2.38. The fourth-order valence-electron chi connectivity index (χ4n) is 4.68. The van der Waals surface area contributed by atoms with Crippen LogP contribution in [0.5, 0.6) is 5.88 Å². The molecule has 5 rings (SSSR count). The van der Waals surface area contributed by atoms with Crippen LogP contribution in [0, 0.1) is 0 Å². The van der Waals surface area contributed by atoms with Gasteiger partial charge in [0.2, 0.25) is 11.8 Å². The molecule has 0 aromatic carbocycles. The number of fused-ring (bicyclic) bond motifs is 1. The maximum Gasteiger partial charge on any atom is 0.407 e. The van der Waals surface area contributed by atoms with Crippen LogP contribution >= 0.6 is 0 Å². The van der Waals surface area contributed by atoms with Crippen LogP contribution in [0.2, 0.25) is 25.7 Å². The van der Waals surface area contributed by atoms with Gasteiger partial charge in [-0.05, 0) is 38.9 Å². The monoisotopic (exact) mass is 606 g/mol. The molecule has 12 nitrogen and oxygen atoms in total. The number of anilines is 2. The zero-order valence-corrected chi connectivity index (χ0v) is 27.0. The minimum Gasteiger partial charge on any atom is -0.474 e. The Balaban J connectivity index is 1.45. The van der Waals surface area contributed by atoms with Crippen molar-refractivity contribution < 1.29 is 19.0 Å². The molecule has 0 aliphatic heterocycles. The molecule has 230 valence electrons. The summed E-state index contributed by atoms with van der Waals surface area (Å²) in [6.45, 7) is 13.6. The summed E-state index contributed by atoms with van der Waals surface area (Å²) >= 11 is 0. The molecule has 4 heterocycles. The fraction of sp³-hybridized carbons (Fsp3) is 0.500. The number of amides is 1. The average Bonchev–Trinajstić information content (AvgIpc) is 3.47. The molecule has 1 saturated carbocycles. The van der Waals surface area contributed by atoms with E-state index in [0.29, 0.717) is 43.7 Å². The van der Waals surface area contributed by atoms with E-state index in [9.17, 15) is 4.79 Å². The molecule has 1 aliphatic carbocycles. The van der Waals surface area contributed by atoms with Gasteiger partial charge in [-0.2, -0.15) is 15.1 Å². The summed E-state index contributed by atoms with van der Waals surface area (Å²) in [6, 6.07) is 6.83. The second kappa shape index (κ2) is 12.3. The topological polar surface area (TPSA) is 130 Å². The van der Waals surface area contributed by atoms with Gasteiger partial charge in [0.25, 0.3) is 0 Å². The third-order valence-corrected chi connectivity index (χ3v) is 8.61. The van der Waals surface area contributed by atoms with Crippen molar-refractivity contribution in [2.75, 3.05) is 11.9 Å². The molecular formula is C30H42N8O4Si.